The van der Waals surface area contributed by atoms with Gasteiger partial charge in [0.05, 0.1) is 0 Å². The van der Waals surface area contributed by atoms with E-state index in [4.69, 9.17) is 0 Å². The van der Waals surface area contributed by atoms with E-state index in [-0.39, 0.29) is 11.9 Å². The highest BCUT2D eigenvalue weighted by atomic mass is 19.1. The van der Waals surface area contributed by atoms with E-state index in [1.54, 1.807) is 18.5 Å². The van der Waals surface area contributed by atoms with Gasteiger partial charge < -0.3 is 19.9 Å². The Balaban J connectivity index is 1.26. The minimum atomic E-state index is -0.193. The minimum absolute atomic E-state index is 0.193. The zero-order valence-electron chi connectivity index (χ0n) is 19.3. The topological polar surface area (TPSA) is 64.6 Å². The Bertz CT molecular complexity index is 889. The standard InChI is InChI=1S/C25H35FN6O/c26-21-7-5-9-23(17-21)32-11-6-8-22(19-32)29-24-18-25(28-20-27-24)31-14-12-30(13-15-31)10-3-1-2-4-16-33/h5,7,9,16-18,20,22H,1-4,6,8,10-15,19H2,(H,27,28,29)/t22-/m1/s1. The SMILES string of the molecule is O=CCCCCCN1CCN(c2cc(N[C@@H]3CCCN(c4cccc(F)c4)C3)ncn2)CC1. The fraction of sp³-hybridized carbons (Fsp3) is 0.560. The molecule has 0 amide bonds. The molecule has 0 bridgehead atoms. The molecule has 0 saturated carbocycles. The lowest BCUT2D eigenvalue weighted by Gasteiger charge is -2.36. The van der Waals surface area contributed by atoms with Crippen molar-refractivity contribution in [3.63, 3.8) is 0 Å². The molecule has 2 aliphatic heterocycles. The molecule has 0 aliphatic carbocycles. The molecule has 2 aromatic rings. The highest BCUT2D eigenvalue weighted by Crippen LogP contribution is 2.23. The molecular formula is C25H35FN6O. The molecule has 1 N–H and O–H groups in total. The lowest BCUT2D eigenvalue weighted by Crippen LogP contribution is -2.47. The maximum Gasteiger partial charge on any atom is 0.134 e. The van der Waals surface area contributed by atoms with E-state index in [2.05, 4.69) is 36.1 Å². The Morgan fingerprint density at radius 3 is 2.73 bits per heavy atom. The van der Waals surface area contributed by atoms with Gasteiger partial charge in [0.25, 0.3) is 0 Å². The van der Waals surface area contributed by atoms with Crippen LogP contribution >= 0.6 is 0 Å². The van der Waals surface area contributed by atoms with E-state index in [1.165, 1.54) is 6.07 Å². The first-order valence-electron chi connectivity index (χ1n) is 12.2. The van der Waals surface area contributed by atoms with Crippen LogP contribution in [0.2, 0.25) is 0 Å². The van der Waals surface area contributed by atoms with Gasteiger partial charge in [0, 0.05) is 63.5 Å². The highest BCUT2D eigenvalue weighted by molar-refractivity contribution is 5.51. The van der Waals surface area contributed by atoms with E-state index < -0.39 is 0 Å². The number of rotatable bonds is 10. The summed E-state index contributed by atoms with van der Waals surface area (Å²) in [6, 6.07) is 9.15. The number of hydrogen-bond donors (Lipinski definition) is 1. The van der Waals surface area contributed by atoms with Crippen molar-refractivity contribution >= 4 is 23.6 Å². The number of aldehydes is 1. The molecule has 2 fully saturated rings. The quantitative estimate of drug-likeness (QED) is 0.435. The maximum absolute atomic E-state index is 13.6. The molecule has 0 unspecified atom stereocenters. The van der Waals surface area contributed by atoms with Crippen LogP contribution in [0.4, 0.5) is 21.7 Å². The Morgan fingerprint density at radius 2 is 1.91 bits per heavy atom. The Hall–Kier alpha value is -2.74. The van der Waals surface area contributed by atoms with Crippen LogP contribution < -0.4 is 15.1 Å². The van der Waals surface area contributed by atoms with E-state index in [1.807, 2.05) is 6.07 Å². The number of hydrogen-bond acceptors (Lipinski definition) is 7. The second-order valence-electron chi connectivity index (χ2n) is 9.02. The van der Waals surface area contributed by atoms with Crippen molar-refractivity contribution in [3.8, 4) is 0 Å². The Morgan fingerprint density at radius 1 is 1.03 bits per heavy atom. The third-order valence-electron chi connectivity index (χ3n) is 6.59. The predicted molar refractivity (Wildman–Crippen MR) is 130 cm³/mol. The average Bonchev–Trinajstić information content (AvgIpc) is 2.85. The Kier molecular flexibility index (Phi) is 8.47. The van der Waals surface area contributed by atoms with Crippen LogP contribution in [0.5, 0.6) is 0 Å². The van der Waals surface area contributed by atoms with Crippen LogP contribution in [0.1, 0.15) is 38.5 Å². The summed E-state index contributed by atoms with van der Waals surface area (Å²) in [7, 11) is 0. The smallest absolute Gasteiger partial charge is 0.134 e. The predicted octanol–water partition coefficient (Wildman–Crippen LogP) is 3.58. The molecule has 1 atom stereocenters. The summed E-state index contributed by atoms with van der Waals surface area (Å²) in [5.74, 6) is 1.63. The normalized spacial score (nSPS) is 19.5. The number of unbranched alkanes of at least 4 members (excludes halogenated alkanes) is 3. The van der Waals surface area contributed by atoms with Gasteiger partial charge in [0.15, 0.2) is 0 Å². The molecule has 0 radical (unpaired) electrons. The molecule has 1 aromatic heterocycles. The molecule has 8 heteroatoms. The van der Waals surface area contributed by atoms with Gasteiger partial charge in [-0.3, -0.25) is 4.90 Å². The second kappa shape index (κ2) is 11.9. The van der Waals surface area contributed by atoms with Crippen LogP contribution in [0.15, 0.2) is 36.7 Å². The fourth-order valence-corrected chi connectivity index (χ4v) is 4.75. The van der Waals surface area contributed by atoms with E-state index in [0.29, 0.717) is 6.42 Å². The van der Waals surface area contributed by atoms with Gasteiger partial charge in [0.2, 0.25) is 0 Å². The van der Waals surface area contributed by atoms with Crippen molar-refractivity contribution in [1.29, 1.82) is 0 Å². The third-order valence-corrected chi connectivity index (χ3v) is 6.59. The number of piperazine rings is 1. The van der Waals surface area contributed by atoms with Gasteiger partial charge in [-0.25, -0.2) is 14.4 Å². The van der Waals surface area contributed by atoms with Gasteiger partial charge in [0.1, 0.15) is 30.1 Å². The molecular weight excluding hydrogens is 419 g/mol. The van der Waals surface area contributed by atoms with Gasteiger partial charge in [-0.2, -0.15) is 0 Å². The number of piperidine rings is 1. The fourth-order valence-electron chi connectivity index (χ4n) is 4.75. The molecule has 178 valence electrons. The third kappa shape index (κ3) is 6.87. The van der Waals surface area contributed by atoms with Crippen LogP contribution in [-0.2, 0) is 4.79 Å². The molecule has 1 aromatic carbocycles. The number of carbonyl (C=O) groups excluding carboxylic acids is 1. The summed E-state index contributed by atoms with van der Waals surface area (Å²) in [5.41, 5.74) is 0.937. The molecule has 4 rings (SSSR count). The van der Waals surface area contributed by atoms with Gasteiger partial charge >= 0.3 is 0 Å². The largest absolute Gasteiger partial charge is 0.369 e. The highest BCUT2D eigenvalue weighted by Gasteiger charge is 2.22. The van der Waals surface area contributed by atoms with Crippen LogP contribution in [0.25, 0.3) is 0 Å². The van der Waals surface area contributed by atoms with Crippen molar-refractivity contribution < 1.29 is 9.18 Å². The van der Waals surface area contributed by atoms with Gasteiger partial charge in [-0.15, -0.1) is 0 Å². The summed E-state index contributed by atoms with van der Waals surface area (Å²) in [6.07, 6.45) is 8.74. The van der Waals surface area contributed by atoms with Crippen LogP contribution in [0, 0.1) is 5.82 Å². The Labute approximate surface area is 196 Å². The lowest BCUT2D eigenvalue weighted by molar-refractivity contribution is -0.107. The van der Waals surface area contributed by atoms with Gasteiger partial charge in [-0.05, 0) is 50.4 Å². The zero-order valence-corrected chi connectivity index (χ0v) is 19.3. The molecule has 7 nitrogen and oxygen atoms in total. The number of benzene rings is 1. The lowest BCUT2D eigenvalue weighted by atomic mass is 10.0. The number of anilines is 3. The van der Waals surface area contributed by atoms with Crippen molar-refractivity contribution in [3.05, 3.63) is 42.5 Å². The maximum atomic E-state index is 13.6. The summed E-state index contributed by atoms with van der Waals surface area (Å²) in [6.45, 7) is 6.86. The summed E-state index contributed by atoms with van der Waals surface area (Å²) >= 11 is 0. The van der Waals surface area contributed by atoms with Crippen molar-refractivity contribution in [2.75, 3.05) is 60.9 Å². The monoisotopic (exact) mass is 454 g/mol. The number of nitrogens with one attached hydrogen (secondary N) is 1. The van der Waals surface area contributed by atoms with E-state index >= 15 is 0 Å². The summed E-state index contributed by atoms with van der Waals surface area (Å²) in [5, 5.41) is 3.58. The first kappa shape index (κ1) is 23.4. The molecule has 0 spiro atoms. The number of nitrogens with zero attached hydrogens (tertiary/aromatic N) is 5. The van der Waals surface area contributed by atoms with E-state index in [0.717, 1.165) is 102 Å². The first-order chi connectivity index (χ1) is 16.2. The number of halogens is 1. The second-order valence-corrected chi connectivity index (χ2v) is 9.02. The van der Waals surface area contributed by atoms with Crippen molar-refractivity contribution in [2.24, 2.45) is 0 Å². The molecule has 2 aliphatic rings. The average molecular weight is 455 g/mol. The van der Waals surface area contributed by atoms with E-state index in [9.17, 15) is 9.18 Å². The first-order valence-corrected chi connectivity index (χ1v) is 12.2. The van der Waals surface area contributed by atoms with Crippen LogP contribution in [0.3, 0.4) is 0 Å². The van der Waals surface area contributed by atoms with Crippen molar-refractivity contribution in [2.45, 2.75) is 44.6 Å². The van der Waals surface area contributed by atoms with Gasteiger partial charge in [-0.1, -0.05) is 12.5 Å². The number of carbonyl (C=O) groups is 1. The van der Waals surface area contributed by atoms with Crippen molar-refractivity contribution in [1.82, 2.24) is 14.9 Å². The summed E-state index contributed by atoms with van der Waals surface area (Å²) in [4.78, 5) is 26.5. The molecule has 2 saturated heterocycles. The molecule has 33 heavy (non-hydrogen) atoms. The summed E-state index contributed by atoms with van der Waals surface area (Å²) < 4.78 is 13.6. The zero-order chi connectivity index (χ0) is 22.9. The van der Waals surface area contributed by atoms with Crippen LogP contribution in [-0.4, -0.2) is 73.0 Å². The minimum Gasteiger partial charge on any atom is -0.369 e. The molecule has 3 heterocycles. The number of aromatic nitrogens is 2.